The topological polar surface area (TPSA) is 60.2 Å². The van der Waals surface area contributed by atoms with Crippen LogP contribution < -0.4 is 10.1 Å². The predicted molar refractivity (Wildman–Crippen MR) is 70.5 cm³/mol. The van der Waals surface area contributed by atoms with Crippen LogP contribution in [0, 0.1) is 0 Å². The molecule has 0 amide bonds. The van der Waals surface area contributed by atoms with Crippen LogP contribution in [-0.4, -0.2) is 16.5 Å². The minimum atomic E-state index is 0.225. The predicted octanol–water partition coefficient (Wildman–Crippen LogP) is 3.12. The zero-order valence-corrected chi connectivity index (χ0v) is 11.6. The number of ether oxygens (including phenoxy) is 1. The van der Waals surface area contributed by atoms with Gasteiger partial charge in [-0.05, 0) is 35.0 Å². The minimum absolute atomic E-state index is 0.225. The number of halogens is 1. The maximum atomic E-state index is 5.45. The molecule has 2 aromatic rings. The van der Waals surface area contributed by atoms with Crippen LogP contribution in [0.1, 0.15) is 19.0 Å². The number of pyridine rings is 1. The van der Waals surface area contributed by atoms with Gasteiger partial charge in [0.15, 0.2) is 5.75 Å². The first kappa shape index (κ1) is 13.0. The van der Waals surface area contributed by atoms with E-state index in [-0.39, 0.29) is 6.08 Å². The van der Waals surface area contributed by atoms with E-state index in [1.165, 1.54) is 0 Å². The summed E-state index contributed by atoms with van der Waals surface area (Å²) in [6.07, 6.45) is 6.18. The zero-order valence-electron chi connectivity index (χ0n) is 10.0. The van der Waals surface area contributed by atoms with Crippen LogP contribution in [0.25, 0.3) is 0 Å². The fourth-order valence-electron chi connectivity index (χ4n) is 1.36. The molecule has 0 saturated heterocycles. The normalized spacial score (nSPS) is 10.6. The molecule has 2 rings (SSSR count). The quantitative estimate of drug-likeness (QED) is 0.831. The van der Waals surface area contributed by atoms with Crippen LogP contribution >= 0.6 is 15.9 Å². The number of nitrogens with zero attached hydrogens (tertiary/aromatic N) is 2. The lowest BCUT2D eigenvalue weighted by Gasteiger charge is -1.99. The molecule has 0 radical (unpaired) electrons. The van der Waals surface area contributed by atoms with Crippen LogP contribution in [0.5, 0.6) is 11.8 Å². The van der Waals surface area contributed by atoms with Crippen LogP contribution in [0.3, 0.4) is 0 Å². The van der Waals surface area contributed by atoms with Crippen molar-refractivity contribution >= 4 is 15.9 Å². The van der Waals surface area contributed by atoms with E-state index in [1.807, 2.05) is 0 Å². The first-order valence-corrected chi connectivity index (χ1v) is 6.50. The summed E-state index contributed by atoms with van der Waals surface area (Å²) in [6.45, 7) is 3.75. The van der Waals surface area contributed by atoms with E-state index in [0.29, 0.717) is 12.3 Å². The maximum Gasteiger partial charge on any atom is 0.399 e. The first-order chi connectivity index (χ1) is 8.78. The molecule has 0 saturated carbocycles. The fourth-order valence-corrected chi connectivity index (χ4v) is 1.70. The highest BCUT2D eigenvalue weighted by Crippen LogP contribution is 2.22. The van der Waals surface area contributed by atoms with Gasteiger partial charge in [-0.2, -0.15) is 4.98 Å². The Hall–Kier alpha value is -1.40. The Morgan fingerprint density at radius 3 is 3.11 bits per heavy atom. The Kier molecular flexibility index (Phi) is 4.72. The van der Waals surface area contributed by atoms with E-state index in [9.17, 15) is 0 Å². The highest BCUT2D eigenvalue weighted by Gasteiger charge is 2.06. The van der Waals surface area contributed by atoms with Crippen molar-refractivity contribution in [2.45, 2.75) is 19.9 Å². The van der Waals surface area contributed by atoms with E-state index in [4.69, 9.17) is 9.15 Å². The fraction of sp³-hybridized carbons (Fsp3) is 0.333. The summed E-state index contributed by atoms with van der Waals surface area (Å²) in [4.78, 5) is 8.21. The summed E-state index contributed by atoms with van der Waals surface area (Å²) >= 11 is 3.32. The van der Waals surface area contributed by atoms with Crippen molar-refractivity contribution in [3.63, 3.8) is 0 Å². The van der Waals surface area contributed by atoms with Gasteiger partial charge < -0.3 is 14.5 Å². The number of hydrogen-bond donors (Lipinski definition) is 1. The molecule has 2 aromatic heterocycles. The third-order valence-electron chi connectivity index (χ3n) is 2.15. The number of aromatic nitrogens is 2. The van der Waals surface area contributed by atoms with E-state index < -0.39 is 0 Å². The Labute approximate surface area is 114 Å². The summed E-state index contributed by atoms with van der Waals surface area (Å²) in [5.74, 6) is 0.583. The molecule has 18 heavy (non-hydrogen) atoms. The molecule has 96 valence electrons. The van der Waals surface area contributed by atoms with Gasteiger partial charge in [0.25, 0.3) is 0 Å². The third kappa shape index (κ3) is 3.82. The molecule has 1 N–H and O–H groups in total. The number of rotatable bonds is 6. The zero-order chi connectivity index (χ0) is 12.8. The number of oxazole rings is 1. The van der Waals surface area contributed by atoms with Crippen LogP contribution in [0.2, 0.25) is 0 Å². The van der Waals surface area contributed by atoms with Crippen molar-refractivity contribution in [3.8, 4) is 11.8 Å². The van der Waals surface area contributed by atoms with Gasteiger partial charge >= 0.3 is 6.08 Å². The van der Waals surface area contributed by atoms with Crippen molar-refractivity contribution in [1.82, 2.24) is 15.3 Å². The molecule has 2 heterocycles. The molecule has 0 fully saturated rings. The minimum Gasteiger partial charge on any atom is -0.417 e. The van der Waals surface area contributed by atoms with E-state index >= 15 is 0 Å². The average Bonchev–Trinajstić information content (AvgIpc) is 2.77. The van der Waals surface area contributed by atoms with Gasteiger partial charge in [-0.3, -0.25) is 4.98 Å². The molecule has 0 spiro atoms. The Morgan fingerprint density at radius 1 is 1.44 bits per heavy atom. The Morgan fingerprint density at radius 2 is 2.33 bits per heavy atom. The molecule has 0 atom stereocenters. The summed E-state index contributed by atoms with van der Waals surface area (Å²) in [5, 5.41) is 3.24. The first-order valence-electron chi connectivity index (χ1n) is 5.71. The number of nitrogens with one attached hydrogen (secondary N) is 1. The van der Waals surface area contributed by atoms with Gasteiger partial charge in [-0.15, -0.1) is 0 Å². The van der Waals surface area contributed by atoms with Gasteiger partial charge in [-0.25, -0.2) is 0 Å². The summed E-state index contributed by atoms with van der Waals surface area (Å²) in [6, 6.07) is 1.80. The van der Waals surface area contributed by atoms with Crippen LogP contribution in [-0.2, 0) is 6.54 Å². The lowest BCUT2D eigenvalue weighted by Crippen LogP contribution is -2.13. The van der Waals surface area contributed by atoms with Crippen molar-refractivity contribution in [3.05, 3.63) is 34.9 Å². The third-order valence-corrected chi connectivity index (χ3v) is 2.58. The molecule has 0 unspecified atom stereocenters. The second-order valence-corrected chi connectivity index (χ2v) is 4.64. The highest BCUT2D eigenvalue weighted by atomic mass is 79.9. The molecule has 0 aliphatic heterocycles. The number of hydrogen-bond acceptors (Lipinski definition) is 5. The van der Waals surface area contributed by atoms with Gasteiger partial charge in [0, 0.05) is 17.2 Å². The largest absolute Gasteiger partial charge is 0.417 e. The lowest BCUT2D eigenvalue weighted by molar-refractivity contribution is 0.329. The van der Waals surface area contributed by atoms with Crippen molar-refractivity contribution in [2.75, 3.05) is 6.54 Å². The van der Waals surface area contributed by atoms with Gasteiger partial charge in [0.05, 0.1) is 11.9 Å². The Balaban J connectivity index is 1.94. The second kappa shape index (κ2) is 6.51. The SMILES string of the molecule is CCCNCc1coc(Oc2cncc(Br)c2)n1. The molecule has 0 bridgehead atoms. The molecule has 0 aliphatic carbocycles. The van der Waals surface area contributed by atoms with Crippen molar-refractivity contribution in [1.29, 1.82) is 0 Å². The summed E-state index contributed by atoms with van der Waals surface area (Å²) < 4.78 is 11.5. The van der Waals surface area contributed by atoms with Crippen LogP contribution in [0.15, 0.2) is 33.6 Å². The molecular formula is C12H14BrN3O2. The molecule has 0 aromatic carbocycles. The second-order valence-electron chi connectivity index (χ2n) is 3.72. The van der Waals surface area contributed by atoms with Crippen molar-refractivity contribution < 1.29 is 9.15 Å². The lowest BCUT2D eigenvalue weighted by atomic mass is 10.4. The standard InChI is InChI=1S/C12H14BrN3O2/c1-2-3-14-6-10-8-17-12(16-10)18-11-4-9(13)5-15-7-11/h4-5,7-8,14H,2-3,6H2,1H3. The molecule has 5 nitrogen and oxygen atoms in total. The molecule has 0 aliphatic rings. The van der Waals surface area contributed by atoms with Gasteiger partial charge in [0.1, 0.15) is 6.26 Å². The van der Waals surface area contributed by atoms with E-state index in [0.717, 1.165) is 23.1 Å². The smallest absolute Gasteiger partial charge is 0.399 e. The van der Waals surface area contributed by atoms with Crippen molar-refractivity contribution in [2.24, 2.45) is 0 Å². The molecule has 6 heteroatoms. The van der Waals surface area contributed by atoms with E-state index in [2.05, 4.69) is 38.1 Å². The van der Waals surface area contributed by atoms with Crippen LogP contribution in [0.4, 0.5) is 0 Å². The summed E-state index contributed by atoms with van der Waals surface area (Å²) in [7, 11) is 0. The maximum absolute atomic E-state index is 5.45. The van der Waals surface area contributed by atoms with E-state index in [1.54, 1.807) is 24.7 Å². The van der Waals surface area contributed by atoms with Gasteiger partial charge in [0.2, 0.25) is 0 Å². The Bertz CT molecular complexity index is 502. The van der Waals surface area contributed by atoms with Gasteiger partial charge in [-0.1, -0.05) is 6.92 Å². The average molecular weight is 312 g/mol. The monoisotopic (exact) mass is 311 g/mol. The molecular weight excluding hydrogens is 298 g/mol. The summed E-state index contributed by atoms with van der Waals surface area (Å²) in [5.41, 5.74) is 0.821. The highest BCUT2D eigenvalue weighted by molar-refractivity contribution is 9.10.